The normalized spacial score (nSPS) is 27.7. The molecule has 3 atom stereocenters. The number of unbranched alkanes of at least 4 members (excludes halogenated alkanes) is 3. The van der Waals surface area contributed by atoms with Gasteiger partial charge in [0.2, 0.25) is 11.8 Å². The van der Waals surface area contributed by atoms with Gasteiger partial charge in [0.1, 0.15) is 11.6 Å². The Hall–Kier alpha value is -1.06. The van der Waals surface area contributed by atoms with E-state index in [1.54, 1.807) is 0 Å². The summed E-state index contributed by atoms with van der Waals surface area (Å²) in [6.45, 7) is 10.1. The third-order valence-corrected chi connectivity index (χ3v) is 4.79. The topological polar surface area (TPSA) is 49.4 Å². The Morgan fingerprint density at radius 3 is 2.38 bits per heavy atom. The van der Waals surface area contributed by atoms with Gasteiger partial charge >= 0.3 is 0 Å². The van der Waals surface area contributed by atoms with Crippen LogP contribution in [0, 0.1) is 0 Å². The third kappa shape index (κ3) is 3.98. The molecule has 0 spiro atoms. The zero-order chi connectivity index (χ0) is 16.0. The van der Waals surface area contributed by atoms with Crippen molar-refractivity contribution >= 4 is 11.8 Å². The fraction of sp³-hybridized carbons (Fsp3) is 0.882. The molecule has 3 unspecified atom stereocenters. The van der Waals surface area contributed by atoms with E-state index in [1.165, 1.54) is 19.3 Å². The Labute approximate surface area is 129 Å². The molecule has 0 radical (unpaired) electrons. The summed E-state index contributed by atoms with van der Waals surface area (Å²) in [6, 6.07) is -0.172. The highest BCUT2D eigenvalue weighted by Crippen LogP contribution is 2.26. The maximum Gasteiger partial charge on any atom is 0.248 e. The average Bonchev–Trinajstić information content (AvgIpc) is 2.46. The molecule has 1 aliphatic rings. The smallest absolute Gasteiger partial charge is 0.248 e. The maximum atomic E-state index is 12.8. The molecule has 4 heteroatoms. The van der Waals surface area contributed by atoms with Crippen molar-refractivity contribution < 1.29 is 9.59 Å². The van der Waals surface area contributed by atoms with Crippen LogP contribution in [0.1, 0.15) is 79.6 Å². The number of nitrogens with zero attached hydrogens (tertiary/aromatic N) is 1. The predicted octanol–water partition coefficient (Wildman–Crippen LogP) is 3.25. The molecule has 0 aromatic rings. The van der Waals surface area contributed by atoms with E-state index in [1.807, 2.05) is 25.7 Å². The third-order valence-electron chi connectivity index (χ3n) is 4.79. The van der Waals surface area contributed by atoms with Gasteiger partial charge in [-0.3, -0.25) is 9.59 Å². The fourth-order valence-corrected chi connectivity index (χ4v) is 3.10. The molecule has 21 heavy (non-hydrogen) atoms. The van der Waals surface area contributed by atoms with E-state index >= 15 is 0 Å². The zero-order valence-corrected chi connectivity index (χ0v) is 14.4. The summed E-state index contributed by atoms with van der Waals surface area (Å²) in [5, 5.41) is 2.92. The lowest BCUT2D eigenvalue weighted by Gasteiger charge is -2.46. The number of piperazine rings is 1. The number of rotatable bonds is 8. The zero-order valence-electron chi connectivity index (χ0n) is 14.4. The summed E-state index contributed by atoms with van der Waals surface area (Å²) in [5.74, 6) is 0.0845. The van der Waals surface area contributed by atoms with E-state index in [9.17, 15) is 9.59 Å². The average molecular weight is 296 g/mol. The molecule has 4 nitrogen and oxygen atoms in total. The van der Waals surface area contributed by atoms with Crippen molar-refractivity contribution in [3.05, 3.63) is 0 Å². The number of carbonyl (C=O) groups excluding carboxylic acids is 2. The summed E-state index contributed by atoms with van der Waals surface area (Å²) in [7, 11) is 0. The van der Waals surface area contributed by atoms with Crippen LogP contribution in [0.5, 0.6) is 0 Å². The molecule has 1 aliphatic heterocycles. The van der Waals surface area contributed by atoms with Crippen LogP contribution in [0.2, 0.25) is 0 Å². The quantitative estimate of drug-likeness (QED) is 0.699. The van der Waals surface area contributed by atoms with Crippen LogP contribution in [-0.4, -0.2) is 34.3 Å². The van der Waals surface area contributed by atoms with Crippen LogP contribution < -0.4 is 5.32 Å². The van der Waals surface area contributed by atoms with Gasteiger partial charge in [-0.2, -0.15) is 0 Å². The molecule has 1 N–H and O–H groups in total. The van der Waals surface area contributed by atoms with Gasteiger partial charge in [-0.05, 0) is 33.1 Å². The summed E-state index contributed by atoms with van der Waals surface area (Å²) < 4.78 is 0. The summed E-state index contributed by atoms with van der Waals surface area (Å²) in [6.07, 6.45) is 7.07. The summed E-state index contributed by atoms with van der Waals surface area (Å²) >= 11 is 0. The summed E-state index contributed by atoms with van der Waals surface area (Å²) in [5.41, 5.74) is -0.736. The number of amides is 2. The van der Waals surface area contributed by atoms with E-state index in [0.717, 1.165) is 12.8 Å². The van der Waals surface area contributed by atoms with Gasteiger partial charge in [0, 0.05) is 6.04 Å². The van der Waals surface area contributed by atoms with Gasteiger partial charge in [-0.25, -0.2) is 0 Å². The van der Waals surface area contributed by atoms with Crippen LogP contribution in [0.4, 0.5) is 0 Å². The van der Waals surface area contributed by atoms with Crippen molar-refractivity contribution in [3.8, 4) is 0 Å². The lowest BCUT2D eigenvalue weighted by molar-refractivity contribution is -0.157. The van der Waals surface area contributed by atoms with Crippen molar-refractivity contribution in [1.29, 1.82) is 0 Å². The van der Waals surface area contributed by atoms with Crippen LogP contribution in [-0.2, 0) is 9.59 Å². The Morgan fingerprint density at radius 1 is 1.19 bits per heavy atom. The molecule has 0 bridgehead atoms. The molecule has 1 fully saturated rings. The minimum absolute atomic E-state index is 0.00172. The second kappa shape index (κ2) is 7.81. The first-order valence-corrected chi connectivity index (χ1v) is 8.56. The first-order chi connectivity index (χ1) is 9.91. The Bertz CT molecular complexity index is 370. The predicted molar refractivity (Wildman–Crippen MR) is 86.0 cm³/mol. The number of hydrogen-bond donors (Lipinski definition) is 1. The van der Waals surface area contributed by atoms with Gasteiger partial charge in [0.15, 0.2) is 0 Å². The van der Waals surface area contributed by atoms with Crippen LogP contribution in [0.15, 0.2) is 0 Å². The number of carbonyl (C=O) groups is 2. The molecule has 122 valence electrons. The van der Waals surface area contributed by atoms with E-state index in [-0.39, 0.29) is 23.9 Å². The highest BCUT2D eigenvalue weighted by Gasteiger charge is 2.47. The second-order valence-electron chi connectivity index (χ2n) is 6.51. The minimum atomic E-state index is -0.736. The lowest BCUT2D eigenvalue weighted by atomic mass is 9.89. The van der Waals surface area contributed by atoms with Gasteiger partial charge < -0.3 is 10.2 Å². The lowest BCUT2D eigenvalue weighted by Crippen LogP contribution is -2.70. The van der Waals surface area contributed by atoms with Gasteiger partial charge in [-0.1, -0.05) is 46.5 Å². The SMILES string of the molecule is CCCCCCC(C)N1C(=O)C(C)(CC)NC(=O)C1CC. The fourth-order valence-electron chi connectivity index (χ4n) is 3.10. The highest BCUT2D eigenvalue weighted by atomic mass is 16.2. The first kappa shape index (κ1) is 18.0. The van der Waals surface area contributed by atoms with Crippen LogP contribution in [0.3, 0.4) is 0 Å². The van der Waals surface area contributed by atoms with Crippen molar-refractivity contribution in [1.82, 2.24) is 10.2 Å². The van der Waals surface area contributed by atoms with Crippen LogP contribution >= 0.6 is 0 Å². The van der Waals surface area contributed by atoms with Crippen molar-refractivity contribution in [3.63, 3.8) is 0 Å². The molecule has 1 saturated heterocycles. The van der Waals surface area contributed by atoms with Crippen molar-refractivity contribution in [2.45, 2.75) is 97.2 Å². The molecular weight excluding hydrogens is 264 g/mol. The molecular formula is C17H32N2O2. The monoisotopic (exact) mass is 296 g/mol. The van der Waals surface area contributed by atoms with Gasteiger partial charge in [-0.15, -0.1) is 0 Å². The first-order valence-electron chi connectivity index (χ1n) is 8.56. The van der Waals surface area contributed by atoms with Gasteiger partial charge in [0.25, 0.3) is 0 Å². The Balaban J connectivity index is 2.82. The molecule has 0 saturated carbocycles. The molecule has 0 aromatic heterocycles. The standard InChI is InChI=1S/C17H32N2O2/c1-6-9-10-11-12-13(4)19-14(7-2)15(20)18-17(5,8-3)16(19)21/h13-14H,6-12H2,1-5H3,(H,18,20). The van der Waals surface area contributed by atoms with E-state index < -0.39 is 5.54 Å². The maximum absolute atomic E-state index is 12.8. The second-order valence-corrected chi connectivity index (χ2v) is 6.51. The van der Waals surface area contributed by atoms with Gasteiger partial charge in [0.05, 0.1) is 0 Å². The van der Waals surface area contributed by atoms with Crippen LogP contribution in [0.25, 0.3) is 0 Å². The Kier molecular flexibility index (Phi) is 6.69. The minimum Gasteiger partial charge on any atom is -0.340 e. The van der Waals surface area contributed by atoms with E-state index in [4.69, 9.17) is 0 Å². The van der Waals surface area contributed by atoms with E-state index in [2.05, 4.69) is 19.2 Å². The number of nitrogens with one attached hydrogen (secondary N) is 1. The molecule has 1 heterocycles. The Morgan fingerprint density at radius 2 is 1.86 bits per heavy atom. The summed E-state index contributed by atoms with van der Waals surface area (Å²) in [4.78, 5) is 27.0. The molecule has 1 rings (SSSR count). The van der Waals surface area contributed by atoms with E-state index in [0.29, 0.717) is 12.8 Å². The van der Waals surface area contributed by atoms with Crippen molar-refractivity contribution in [2.24, 2.45) is 0 Å². The largest absolute Gasteiger partial charge is 0.340 e. The molecule has 0 aromatic carbocycles. The highest BCUT2D eigenvalue weighted by molar-refractivity contribution is 5.99. The molecule has 2 amide bonds. The number of hydrogen-bond acceptors (Lipinski definition) is 2. The van der Waals surface area contributed by atoms with Crippen molar-refractivity contribution in [2.75, 3.05) is 0 Å². The molecule has 0 aliphatic carbocycles.